The molecule has 0 radical (unpaired) electrons. The largest absolute Gasteiger partial charge is 0.464 e. The Balaban J connectivity index is 2.88. The fraction of sp³-hybridized carbons (Fsp3) is 0.917. The number of alkyl halides is 6. The van der Waals surface area contributed by atoms with Crippen LogP contribution in [0.25, 0.3) is 0 Å². The number of carbonyl (C=O) groups excluding carboxylic acids is 1. The number of halogens is 6. The molecule has 0 bridgehead atoms. The van der Waals surface area contributed by atoms with E-state index in [9.17, 15) is 39.6 Å². The number of sulfonamides is 1. The van der Waals surface area contributed by atoms with Crippen LogP contribution >= 0.6 is 0 Å². The second-order valence-electron chi connectivity index (χ2n) is 5.76. The number of nitrogens with zero attached hydrogens (tertiary/aromatic N) is 2. The third-order valence-corrected chi connectivity index (χ3v) is 5.77. The van der Waals surface area contributed by atoms with Gasteiger partial charge in [0, 0.05) is 33.5 Å². The highest BCUT2D eigenvalue weighted by molar-refractivity contribution is 7.90. The molecule has 1 aliphatic rings. The SMILES string of the molecule is CN(CCN(C)S(=O)(=O)C(F)(F)C(F)(F)C(C)(F)F)C1CCOC1=O. The van der Waals surface area contributed by atoms with Crippen LogP contribution in [0, 0.1) is 0 Å². The zero-order valence-electron chi connectivity index (χ0n) is 13.6. The lowest BCUT2D eigenvalue weighted by Crippen LogP contribution is -2.60. The zero-order valence-corrected chi connectivity index (χ0v) is 14.4. The number of esters is 1. The molecule has 0 aromatic rings. The molecular weight excluding hydrogens is 382 g/mol. The Morgan fingerprint density at radius 1 is 1.12 bits per heavy atom. The van der Waals surface area contributed by atoms with Crippen LogP contribution in [-0.4, -0.2) is 80.5 Å². The van der Waals surface area contributed by atoms with E-state index in [0.717, 1.165) is 0 Å². The summed E-state index contributed by atoms with van der Waals surface area (Å²) in [7, 11) is -4.14. The topological polar surface area (TPSA) is 66.9 Å². The Labute approximate surface area is 140 Å². The van der Waals surface area contributed by atoms with E-state index in [4.69, 9.17) is 0 Å². The standard InChI is InChI=1S/C12H18F6N2O4S/c1-10(13,14)11(15,16)12(17,18)25(22,23)20(3)6-5-19(2)8-4-7-24-9(8)21/h8H,4-7H2,1-3H3. The summed E-state index contributed by atoms with van der Waals surface area (Å²) in [6, 6.07) is -0.724. The maximum Gasteiger partial charge on any atom is 0.427 e. The molecule has 25 heavy (non-hydrogen) atoms. The quantitative estimate of drug-likeness (QED) is 0.455. The molecular formula is C12H18F6N2O4S. The molecule has 1 unspecified atom stereocenters. The van der Waals surface area contributed by atoms with Crippen molar-refractivity contribution in [3.8, 4) is 0 Å². The molecule has 1 fully saturated rings. The number of likely N-dealkylation sites (N-methyl/N-ethyl adjacent to an activating group) is 2. The van der Waals surface area contributed by atoms with Gasteiger partial charge in [-0.25, -0.2) is 8.42 Å². The molecule has 0 N–H and O–H groups in total. The van der Waals surface area contributed by atoms with Gasteiger partial charge in [0.05, 0.1) is 6.61 Å². The second-order valence-corrected chi connectivity index (χ2v) is 7.84. The number of cyclic esters (lactones) is 1. The van der Waals surface area contributed by atoms with Crippen LogP contribution in [-0.2, 0) is 19.6 Å². The smallest absolute Gasteiger partial charge is 0.427 e. The van der Waals surface area contributed by atoms with Gasteiger partial charge in [-0.15, -0.1) is 0 Å². The van der Waals surface area contributed by atoms with Crippen molar-refractivity contribution in [2.24, 2.45) is 0 Å². The molecule has 1 saturated heterocycles. The summed E-state index contributed by atoms with van der Waals surface area (Å²) in [5.41, 5.74) is 0. The minimum Gasteiger partial charge on any atom is -0.464 e. The Morgan fingerprint density at radius 2 is 1.64 bits per heavy atom. The first-order valence-corrected chi connectivity index (χ1v) is 8.47. The molecule has 1 rings (SSSR count). The molecule has 1 heterocycles. The van der Waals surface area contributed by atoms with Crippen LogP contribution in [0.2, 0.25) is 0 Å². The van der Waals surface area contributed by atoms with Crippen molar-refractivity contribution in [3.05, 3.63) is 0 Å². The number of hydrogen-bond donors (Lipinski definition) is 0. The van der Waals surface area contributed by atoms with Crippen LogP contribution in [0.15, 0.2) is 0 Å². The number of rotatable bonds is 8. The van der Waals surface area contributed by atoms with Crippen LogP contribution in [0.4, 0.5) is 26.3 Å². The highest BCUT2D eigenvalue weighted by atomic mass is 32.2. The van der Waals surface area contributed by atoms with Gasteiger partial charge in [0.25, 0.3) is 10.0 Å². The fourth-order valence-electron chi connectivity index (χ4n) is 2.07. The van der Waals surface area contributed by atoms with Gasteiger partial charge < -0.3 is 4.74 Å². The third-order valence-electron chi connectivity index (χ3n) is 3.86. The lowest BCUT2D eigenvalue weighted by Gasteiger charge is -2.33. The highest BCUT2D eigenvalue weighted by Gasteiger charge is 2.76. The first kappa shape index (κ1) is 22.0. The van der Waals surface area contributed by atoms with Crippen molar-refractivity contribution in [2.75, 3.05) is 33.8 Å². The van der Waals surface area contributed by atoms with Gasteiger partial charge >= 0.3 is 23.1 Å². The van der Waals surface area contributed by atoms with Gasteiger partial charge in [-0.1, -0.05) is 0 Å². The summed E-state index contributed by atoms with van der Waals surface area (Å²) in [5.74, 6) is -11.9. The fourth-order valence-corrected chi connectivity index (χ4v) is 3.29. The summed E-state index contributed by atoms with van der Waals surface area (Å²) in [5, 5.41) is -6.02. The predicted molar refractivity (Wildman–Crippen MR) is 74.1 cm³/mol. The Morgan fingerprint density at radius 3 is 2.04 bits per heavy atom. The van der Waals surface area contributed by atoms with E-state index >= 15 is 0 Å². The summed E-state index contributed by atoms with van der Waals surface area (Å²) >= 11 is 0. The average Bonchev–Trinajstić information content (AvgIpc) is 2.88. The van der Waals surface area contributed by atoms with Crippen molar-refractivity contribution in [1.29, 1.82) is 0 Å². The van der Waals surface area contributed by atoms with Gasteiger partial charge in [-0.2, -0.15) is 30.6 Å². The molecule has 0 aromatic heterocycles. The molecule has 0 aliphatic carbocycles. The Hall–Kier alpha value is -1.08. The summed E-state index contributed by atoms with van der Waals surface area (Å²) in [6.07, 6.45) is 0.294. The molecule has 0 aromatic carbocycles. The van der Waals surface area contributed by atoms with Crippen LogP contribution in [0.3, 0.4) is 0 Å². The average molecular weight is 400 g/mol. The van der Waals surface area contributed by atoms with E-state index in [1.807, 2.05) is 0 Å². The maximum atomic E-state index is 13.7. The van der Waals surface area contributed by atoms with Crippen LogP contribution in [0.1, 0.15) is 13.3 Å². The van der Waals surface area contributed by atoms with E-state index in [1.54, 1.807) is 0 Å². The Bertz CT molecular complexity index is 607. The molecule has 148 valence electrons. The Kier molecular flexibility index (Phi) is 6.07. The molecule has 6 nitrogen and oxygen atoms in total. The van der Waals surface area contributed by atoms with E-state index in [1.165, 1.54) is 11.9 Å². The number of ether oxygens (including phenoxy) is 1. The van der Waals surface area contributed by atoms with Gasteiger partial charge in [0.1, 0.15) is 6.04 Å². The lowest BCUT2D eigenvalue weighted by molar-refractivity contribution is -0.272. The monoisotopic (exact) mass is 400 g/mol. The molecule has 1 aliphatic heterocycles. The van der Waals surface area contributed by atoms with Crippen LogP contribution < -0.4 is 0 Å². The van der Waals surface area contributed by atoms with E-state index < -0.39 is 52.6 Å². The molecule has 0 saturated carbocycles. The van der Waals surface area contributed by atoms with Crippen molar-refractivity contribution in [3.63, 3.8) is 0 Å². The lowest BCUT2D eigenvalue weighted by atomic mass is 10.2. The minimum absolute atomic E-state index is 0.135. The van der Waals surface area contributed by atoms with Crippen molar-refractivity contribution < 1.29 is 44.3 Å². The van der Waals surface area contributed by atoms with Gasteiger partial charge in [0.2, 0.25) is 0 Å². The van der Waals surface area contributed by atoms with E-state index in [-0.39, 0.29) is 17.5 Å². The molecule has 0 amide bonds. The summed E-state index contributed by atoms with van der Waals surface area (Å²) in [4.78, 5) is 12.7. The second kappa shape index (κ2) is 6.91. The molecule has 13 heteroatoms. The molecule has 0 spiro atoms. The van der Waals surface area contributed by atoms with Crippen molar-refractivity contribution in [2.45, 2.75) is 36.5 Å². The summed E-state index contributed by atoms with van der Waals surface area (Å²) in [6.45, 7) is -1.35. The number of carbonyl (C=O) groups is 1. The van der Waals surface area contributed by atoms with Crippen LogP contribution in [0.5, 0.6) is 0 Å². The zero-order chi connectivity index (χ0) is 19.8. The minimum atomic E-state index is -6.10. The third kappa shape index (κ3) is 3.87. The van der Waals surface area contributed by atoms with Crippen molar-refractivity contribution in [1.82, 2.24) is 9.21 Å². The van der Waals surface area contributed by atoms with E-state index in [0.29, 0.717) is 13.5 Å². The first-order valence-electron chi connectivity index (χ1n) is 7.03. The summed E-state index contributed by atoms with van der Waals surface area (Å²) < 4.78 is 107. The highest BCUT2D eigenvalue weighted by Crippen LogP contribution is 2.48. The van der Waals surface area contributed by atoms with Gasteiger partial charge in [0.15, 0.2) is 0 Å². The maximum absolute atomic E-state index is 13.7. The normalized spacial score (nSPS) is 20.4. The van der Waals surface area contributed by atoms with E-state index in [2.05, 4.69) is 4.74 Å². The number of hydrogen-bond acceptors (Lipinski definition) is 5. The van der Waals surface area contributed by atoms with Gasteiger partial charge in [-0.05, 0) is 7.05 Å². The van der Waals surface area contributed by atoms with Gasteiger partial charge in [-0.3, -0.25) is 9.69 Å². The first-order chi connectivity index (χ1) is 11.1. The molecule has 1 atom stereocenters. The van der Waals surface area contributed by atoms with Crippen molar-refractivity contribution >= 4 is 16.0 Å². The predicted octanol–water partition coefficient (Wildman–Crippen LogP) is 1.38.